The number of hydrogen-bond donors (Lipinski definition) is 1. The van der Waals surface area contributed by atoms with Crippen molar-refractivity contribution in [1.82, 2.24) is 4.90 Å². The van der Waals surface area contributed by atoms with E-state index in [1.165, 1.54) is 7.05 Å². The molecule has 0 spiro atoms. The van der Waals surface area contributed by atoms with Gasteiger partial charge in [0.1, 0.15) is 0 Å². The summed E-state index contributed by atoms with van der Waals surface area (Å²) in [6, 6.07) is 7.35. The molecular weight excluding hydrogens is 278 g/mol. The number of imide groups is 1. The van der Waals surface area contributed by atoms with Crippen LogP contribution in [0.3, 0.4) is 0 Å². The minimum atomic E-state index is -0.747. The fourth-order valence-corrected chi connectivity index (χ4v) is 2.91. The Morgan fingerprint density at radius 3 is 2.40 bits per heavy atom. The molecule has 1 unspecified atom stereocenters. The van der Waals surface area contributed by atoms with Crippen molar-refractivity contribution in [1.29, 1.82) is 0 Å². The third-order valence-electron chi connectivity index (χ3n) is 3.00. The number of carbonyl (C=O) groups excluding carboxylic acids is 3. The smallest absolute Gasteiger partial charge is 0.290 e. The summed E-state index contributed by atoms with van der Waals surface area (Å²) < 4.78 is 0. The van der Waals surface area contributed by atoms with Crippen LogP contribution in [0, 0.1) is 6.92 Å². The van der Waals surface area contributed by atoms with Gasteiger partial charge in [-0.2, -0.15) is 0 Å². The Balaban J connectivity index is 2.33. The Kier molecular flexibility index (Phi) is 3.99. The highest BCUT2D eigenvalue weighted by atomic mass is 32.2. The Bertz CT molecular complexity index is 558. The Morgan fingerprint density at radius 1 is 1.35 bits per heavy atom. The lowest BCUT2D eigenvalue weighted by molar-refractivity contribution is -0.125. The largest absolute Gasteiger partial charge is 0.368 e. The maximum absolute atomic E-state index is 12.1. The van der Waals surface area contributed by atoms with Crippen LogP contribution in [0.5, 0.6) is 0 Å². The van der Waals surface area contributed by atoms with Crippen LogP contribution in [-0.4, -0.2) is 40.9 Å². The molecule has 20 heavy (non-hydrogen) atoms. The van der Waals surface area contributed by atoms with Crippen molar-refractivity contribution in [2.24, 2.45) is 5.73 Å². The third-order valence-corrected chi connectivity index (χ3v) is 4.16. The molecule has 0 saturated carbocycles. The molecule has 0 aliphatic carbocycles. The number of amides is 3. The summed E-state index contributed by atoms with van der Waals surface area (Å²) in [6.45, 7) is 1.82. The predicted octanol–water partition coefficient (Wildman–Crippen LogP) is 0.938. The van der Waals surface area contributed by atoms with Crippen molar-refractivity contribution in [3.63, 3.8) is 0 Å². The van der Waals surface area contributed by atoms with Gasteiger partial charge in [0.2, 0.25) is 5.91 Å². The van der Waals surface area contributed by atoms with Gasteiger partial charge in [0.15, 0.2) is 5.37 Å². The average molecular weight is 293 g/mol. The number of benzene rings is 1. The second-order valence-electron chi connectivity index (χ2n) is 4.56. The molecular formula is C13H15N3O3S. The van der Waals surface area contributed by atoms with E-state index in [9.17, 15) is 14.4 Å². The highest BCUT2D eigenvalue weighted by Gasteiger charge is 2.41. The molecule has 1 aromatic carbocycles. The Morgan fingerprint density at radius 2 is 1.95 bits per heavy atom. The van der Waals surface area contributed by atoms with Gasteiger partial charge in [0.25, 0.3) is 11.1 Å². The van der Waals surface area contributed by atoms with Gasteiger partial charge in [-0.1, -0.05) is 17.7 Å². The SMILES string of the molecule is Cc1ccc(N(CC(N)=O)C2SC(=O)N(C)C2=O)cc1. The summed E-state index contributed by atoms with van der Waals surface area (Å²) in [5, 5.41) is -1.08. The summed E-state index contributed by atoms with van der Waals surface area (Å²) in [7, 11) is 1.43. The van der Waals surface area contributed by atoms with Crippen LogP contribution in [-0.2, 0) is 9.59 Å². The fourth-order valence-electron chi connectivity index (χ4n) is 1.89. The molecule has 0 aromatic heterocycles. The lowest BCUT2D eigenvalue weighted by Crippen LogP contribution is -2.44. The van der Waals surface area contributed by atoms with Gasteiger partial charge in [0, 0.05) is 12.7 Å². The number of nitrogens with two attached hydrogens (primary N) is 1. The van der Waals surface area contributed by atoms with E-state index in [1.54, 1.807) is 17.0 Å². The van der Waals surface area contributed by atoms with E-state index in [4.69, 9.17) is 5.73 Å². The highest BCUT2D eigenvalue weighted by molar-refractivity contribution is 8.15. The van der Waals surface area contributed by atoms with Gasteiger partial charge < -0.3 is 10.6 Å². The average Bonchev–Trinajstić information content (AvgIpc) is 2.65. The molecule has 1 heterocycles. The molecule has 1 aliphatic heterocycles. The minimum Gasteiger partial charge on any atom is -0.368 e. The number of nitrogens with zero attached hydrogens (tertiary/aromatic N) is 2. The van der Waals surface area contributed by atoms with Crippen molar-refractivity contribution in [3.8, 4) is 0 Å². The number of thioether (sulfide) groups is 1. The molecule has 1 aliphatic rings. The van der Waals surface area contributed by atoms with Gasteiger partial charge in [-0.05, 0) is 30.8 Å². The molecule has 3 amide bonds. The van der Waals surface area contributed by atoms with Gasteiger partial charge in [-0.3, -0.25) is 19.3 Å². The summed E-state index contributed by atoms with van der Waals surface area (Å²) in [5.41, 5.74) is 6.99. The van der Waals surface area contributed by atoms with Crippen molar-refractivity contribution >= 4 is 34.5 Å². The van der Waals surface area contributed by atoms with E-state index in [0.29, 0.717) is 5.69 Å². The van der Waals surface area contributed by atoms with Crippen LogP contribution in [0.2, 0.25) is 0 Å². The van der Waals surface area contributed by atoms with Crippen LogP contribution < -0.4 is 10.6 Å². The maximum atomic E-state index is 12.1. The van der Waals surface area contributed by atoms with Gasteiger partial charge >= 0.3 is 0 Å². The third kappa shape index (κ3) is 2.77. The topological polar surface area (TPSA) is 83.7 Å². The predicted molar refractivity (Wildman–Crippen MR) is 77.3 cm³/mol. The van der Waals surface area contributed by atoms with Crippen LogP contribution in [0.25, 0.3) is 0 Å². The first-order valence-electron chi connectivity index (χ1n) is 6.00. The summed E-state index contributed by atoms with van der Waals surface area (Å²) in [5.74, 6) is -0.900. The van der Waals surface area contributed by atoms with E-state index < -0.39 is 11.3 Å². The van der Waals surface area contributed by atoms with E-state index >= 15 is 0 Å². The first-order chi connectivity index (χ1) is 9.40. The zero-order valence-electron chi connectivity index (χ0n) is 11.2. The molecule has 6 nitrogen and oxygen atoms in total. The van der Waals surface area contributed by atoms with Gasteiger partial charge in [0.05, 0.1) is 6.54 Å². The number of aryl methyl sites for hydroxylation is 1. The monoisotopic (exact) mass is 293 g/mol. The van der Waals surface area contributed by atoms with Crippen LogP contribution in [0.4, 0.5) is 10.5 Å². The van der Waals surface area contributed by atoms with Crippen LogP contribution >= 0.6 is 11.8 Å². The molecule has 0 bridgehead atoms. The number of rotatable bonds is 4. The number of likely N-dealkylation sites (N-methyl/N-ethyl adjacent to an activating group) is 1. The van der Waals surface area contributed by atoms with Crippen LogP contribution in [0.15, 0.2) is 24.3 Å². The quantitative estimate of drug-likeness (QED) is 0.893. The summed E-state index contributed by atoms with van der Waals surface area (Å²) in [4.78, 5) is 37.5. The second-order valence-corrected chi connectivity index (χ2v) is 5.59. The second kappa shape index (κ2) is 5.54. The Labute approximate surface area is 120 Å². The molecule has 1 fully saturated rings. The molecule has 1 aromatic rings. The minimum absolute atomic E-state index is 0.117. The van der Waals surface area contributed by atoms with Gasteiger partial charge in [-0.25, -0.2) is 0 Å². The number of anilines is 1. The molecule has 1 saturated heterocycles. The van der Waals surface area contributed by atoms with E-state index in [2.05, 4.69) is 0 Å². The number of carbonyl (C=O) groups is 3. The van der Waals surface area contributed by atoms with Crippen molar-refractivity contribution in [2.75, 3.05) is 18.5 Å². The summed E-state index contributed by atoms with van der Waals surface area (Å²) in [6.07, 6.45) is 0. The van der Waals surface area contributed by atoms with Crippen molar-refractivity contribution in [2.45, 2.75) is 12.3 Å². The molecule has 0 radical (unpaired) electrons. The number of primary amides is 1. The van der Waals surface area contributed by atoms with Crippen molar-refractivity contribution < 1.29 is 14.4 Å². The van der Waals surface area contributed by atoms with Crippen molar-refractivity contribution in [3.05, 3.63) is 29.8 Å². The Hall–Kier alpha value is -2.02. The number of hydrogen-bond acceptors (Lipinski definition) is 5. The first-order valence-corrected chi connectivity index (χ1v) is 6.88. The first kappa shape index (κ1) is 14.4. The van der Waals surface area contributed by atoms with E-state index in [1.807, 2.05) is 19.1 Å². The standard InChI is InChI=1S/C13H15N3O3S/c1-8-3-5-9(6-4-8)16(7-10(14)17)12-11(18)15(2)13(19)20-12/h3-6,12H,7H2,1-2H3,(H2,14,17). The molecule has 106 valence electrons. The van der Waals surface area contributed by atoms with E-state index in [0.717, 1.165) is 22.2 Å². The molecule has 2 rings (SSSR count). The fraction of sp³-hybridized carbons (Fsp3) is 0.308. The van der Waals surface area contributed by atoms with Crippen LogP contribution in [0.1, 0.15) is 5.56 Å². The van der Waals surface area contributed by atoms with E-state index in [-0.39, 0.29) is 17.7 Å². The molecule has 1 atom stereocenters. The maximum Gasteiger partial charge on any atom is 0.290 e. The zero-order chi connectivity index (χ0) is 14.9. The lowest BCUT2D eigenvalue weighted by atomic mass is 10.2. The summed E-state index contributed by atoms with van der Waals surface area (Å²) >= 11 is 0.886. The zero-order valence-corrected chi connectivity index (χ0v) is 12.0. The highest BCUT2D eigenvalue weighted by Crippen LogP contribution is 2.31. The normalized spacial score (nSPS) is 18.5. The molecule has 7 heteroatoms. The van der Waals surface area contributed by atoms with Gasteiger partial charge in [-0.15, -0.1) is 0 Å². The molecule has 2 N–H and O–H groups in total. The lowest BCUT2D eigenvalue weighted by Gasteiger charge is -2.27.